The first-order valence-electron chi connectivity index (χ1n) is 3.32. The molecule has 0 spiro atoms. The molecule has 4 heteroatoms. The van der Waals surface area contributed by atoms with Gasteiger partial charge in [-0.05, 0) is 18.2 Å². The van der Waals surface area contributed by atoms with E-state index < -0.39 is 0 Å². The van der Waals surface area contributed by atoms with Crippen LogP contribution >= 0.6 is 0 Å². The lowest BCUT2D eigenvalue weighted by molar-refractivity contribution is 1.35. The largest absolute Gasteiger partial charge is 0.397 e. The zero-order chi connectivity index (χ0) is 8.27. The van der Waals surface area contributed by atoms with Crippen LogP contribution in [-0.2, 0) is 0 Å². The third kappa shape index (κ3) is 1.53. The summed E-state index contributed by atoms with van der Waals surface area (Å²) in [5.74, 6) is 5.22. The van der Waals surface area contributed by atoms with E-state index in [-0.39, 0.29) is 0 Å². The molecule has 0 bridgehead atoms. The number of anilines is 3. The minimum Gasteiger partial charge on any atom is -0.397 e. The lowest BCUT2D eigenvalue weighted by Crippen LogP contribution is -2.09. The van der Waals surface area contributed by atoms with E-state index in [4.69, 9.17) is 11.6 Å². The smallest absolute Gasteiger partial charge is 0.0736 e. The molecule has 1 rings (SSSR count). The van der Waals surface area contributed by atoms with Gasteiger partial charge in [0.15, 0.2) is 0 Å². The highest BCUT2D eigenvalue weighted by Crippen LogP contribution is 2.21. The Morgan fingerprint density at radius 2 is 2.09 bits per heavy atom. The molecule has 0 unspecified atom stereocenters. The Labute approximate surface area is 65.5 Å². The van der Waals surface area contributed by atoms with Gasteiger partial charge < -0.3 is 16.5 Å². The third-order valence-electron chi connectivity index (χ3n) is 1.50. The third-order valence-corrected chi connectivity index (χ3v) is 1.50. The minimum absolute atomic E-state index is 0.645. The van der Waals surface area contributed by atoms with Crippen LogP contribution in [0.2, 0.25) is 0 Å². The first-order chi connectivity index (χ1) is 5.27. The summed E-state index contributed by atoms with van der Waals surface area (Å²) in [5, 5.41) is 2.98. The van der Waals surface area contributed by atoms with Gasteiger partial charge in [0, 0.05) is 12.7 Å². The zero-order valence-corrected chi connectivity index (χ0v) is 6.39. The van der Waals surface area contributed by atoms with Crippen molar-refractivity contribution in [2.24, 2.45) is 5.84 Å². The Morgan fingerprint density at radius 3 is 2.64 bits per heavy atom. The number of benzene rings is 1. The fourth-order valence-corrected chi connectivity index (χ4v) is 0.837. The molecule has 1 aromatic rings. The van der Waals surface area contributed by atoms with Crippen LogP contribution in [0.3, 0.4) is 0 Å². The summed E-state index contributed by atoms with van der Waals surface area (Å²) in [7, 11) is 1.84. The second-order valence-electron chi connectivity index (χ2n) is 2.20. The van der Waals surface area contributed by atoms with Crippen molar-refractivity contribution in [1.82, 2.24) is 0 Å². The van der Waals surface area contributed by atoms with Gasteiger partial charge in [-0.15, -0.1) is 0 Å². The van der Waals surface area contributed by atoms with Gasteiger partial charge in [-0.25, -0.2) is 0 Å². The quantitative estimate of drug-likeness (QED) is 0.284. The van der Waals surface area contributed by atoms with E-state index in [1.54, 1.807) is 6.07 Å². The Kier molecular flexibility index (Phi) is 2.18. The van der Waals surface area contributed by atoms with Crippen molar-refractivity contribution in [2.75, 3.05) is 23.5 Å². The predicted octanol–water partition coefficient (Wildman–Crippen LogP) is 0.596. The average molecular weight is 152 g/mol. The van der Waals surface area contributed by atoms with Crippen molar-refractivity contribution in [3.8, 4) is 0 Å². The highest BCUT2D eigenvalue weighted by molar-refractivity contribution is 5.71. The molecule has 4 nitrogen and oxygen atoms in total. The van der Waals surface area contributed by atoms with Crippen LogP contribution in [0.1, 0.15) is 0 Å². The highest BCUT2D eigenvalue weighted by atomic mass is 15.2. The minimum atomic E-state index is 0.645. The summed E-state index contributed by atoms with van der Waals surface area (Å²) < 4.78 is 0. The summed E-state index contributed by atoms with van der Waals surface area (Å²) >= 11 is 0. The van der Waals surface area contributed by atoms with Gasteiger partial charge in [-0.3, -0.25) is 5.84 Å². The molecule has 11 heavy (non-hydrogen) atoms. The first-order valence-corrected chi connectivity index (χ1v) is 3.32. The highest BCUT2D eigenvalue weighted by Gasteiger charge is 1.96. The van der Waals surface area contributed by atoms with Gasteiger partial charge in [0.25, 0.3) is 0 Å². The van der Waals surface area contributed by atoms with Crippen LogP contribution in [-0.4, -0.2) is 7.05 Å². The number of hydrogen-bond donors (Lipinski definition) is 4. The fraction of sp³-hybridized carbons (Fsp3) is 0.143. The van der Waals surface area contributed by atoms with Crippen LogP contribution in [0.5, 0.6) is 0 Å². The number of nitrogens with one attached hydrogen (secondary N) is 2. The summed E-state index contributed by atoms with van der Waals surface area (Å²) in [6.45, 7) is 0. The molecule has 0 aliphatic rings. The molecule has 6 N–H and O–H groups in total. The Hall–Kier alpha value is -1.42. The van der Waals surface area contributed by atoms with E-state index in [9.17, 15) is 0 Å². The fourth-order valence-electron chi connectivity index (χ4n) is 0.837. The molecule has 0 saturated carbocycles. The maximum absolute atomic E-state index is 5.58. The molecule has 0 radical (unpaired) electrons. The van der Waals surface area contributed by atoms with Crippen molar-refractivity contribution < 1.29 is 0 Å². The Bertz CT molecular complexity index is 246. The van der Waals surface area contributed by atoms with E-state index in [2.05, 4.69) is 10.7 Å². The Balaban J connectivity index is 3.02. The van der Waals surface area contributed by atoms with Crippen molar-refractivity contribution >= 4 is 17.1 Å². The molecule has 0 heterocycles. The van der Waals surface area contributed by atoms with Gasteiger partial charge in [0.2, 0.25) is 0 Å². The molecule has 0 fully saturated rings. The van der Waals surface area contributed by atoms with E-state index in [0.29, 0.717) is 5.69 Å². The van der Waals surface area contributed by atoms with Crippen LogP contribution in [0.25, 0.3) is 0 Å². The maximum atomic E-state index is 5.58. The van der Waals surface area contributed by atoms with Crippen LogP contribution < -0.4 is 22.3 Å². The van der Waals surface area contributed by atoms with Crippen LogP contribution in [0.4, 0.5) is 17.1 Å². The number of hydrazine groups is 1. The molecule has 0 aliphatic heterocycles. The normalized spacial score (nSPS) is 9.27. The molecule has 0 amide bonds. The molecular formula is C7H12N4. The van der Waals surface area contributed by atoms with Gasteiger partial charge >= 0.3 is 0 Å². The van der Waals surface area contributed by atoms with E-state index in [0.717, 1.165) is 11.4 Å². The summed E-state index contributed by atoms with van der Waals surface area (Å²) in [5.41, 5.74) is 10.4. The number of nitrogen functional groups attached to an aromatic ring is 2. The van der Waals surface area contributed by atoms with Crippen LogP contribution in [0, 0.1) is 0 Å². The van der Waals surface area contributed by atoms with Gasteiger partial charge in [-0.2, -0.15) is 0 Å². The van der Waals surface area contributed by atoms with Gasteiger partial charge in [-0.1, -0.05) is 0 Å². The van der Waals surface area contributed by atoms with Crippen molar-refractivity contribution in [3.05, 3.63) is 18.2 Å². The Morgan fingerprint density at radius 1 is 1.36 bits per heavy atom. The molecule has 60 valence electrons. The first kappa shape index (κ1) is 7.68. The van der Waals surface area contributed by atoms with Crippen molar-refractivity contribution in [3.63, 3.8) is 0 Å². The summed E-state index contributed by atoms with van der Waals surface area (Å²) in [6.07, 6.45) is 0. The van der Waals surface area contributed by atoms with Gasteiger partial charge in [0.1, 0.15) is 0 Å². The second kappa shape index (κ2) is 3.12. The number of nitrogens with two attached hydrogens (primary N) is 2. The monoisotopic (exact) mass is 152 g/mol. The molecule has 1 aromatic carbocycles. The standard InChI is InChI=1S/C7H12N4/c1-10-5-2-3-6(8)7(4-5)11-9/h2-4,10-11H,8-9H2,1H3. The predicted molar refractivity (Wildman–Crippen MR) is 48.2 cm³/mol. The van der Waals surface area contributed by atoms with Gasteiger partial charge in [0.05, 0.1) is 11.4 Å². The molecule has 0 aliphatic carbocycles. The molecule has 0 aromatic heterocycles. The van der Waals surface area contributed by atoms with E-state index >= 15 is 0 Å². The number of rotatable bonds is 2. The summed E-state index contributed by atoms with van der Waals surface area (Å²) in [6, 6.07) is 5.52. The maximum Gasteiger partial charge on any atom is 0.0736 e. The lowest BCUT2D eigenvalue weighted by atomic mass is 10.2. The summed E-state index contributed by atoms with van der Waals surface area (Å²) in [4.78, 5) is 0. The van der Waals surface area contributed by atoms with E-state index in [1.807, 2.05) is 19.2 Å². The topological polar surface area (TPSA) is 76.1 Å². The number of hydrogen-bond acceptors (Lipinski definition) is 4. The van der Waals surface area contributed by atoms with Crippen molar-refractivity contribution in [2.45, 2.75) is 0 Å². The van der Waals surface area contributed by atoms with E-state index in [1.165, 1.54) is 0 Å². The van der Waals surface area contributed by atoms with Crippen LogP contribution in [0.15, 0.2) is 18.2 Å². The molecule has 0 atom stereocenters. The molecule has 0 saturated heterocycles. The van der Waals surface area contributed by atoms with Crippen molar-refractivity contribution in [1.29, 1.82) is 0 Å². The SMILES string of the molecule is CNc1ccc(N)c(NN)c1. The second-order valence-corrected chi connectivity index (χ2v) is 2.20. The zero-order valence-electron chi connectivity index (χ0n) is 6.39. The molecular weight excluding hydrogens is 140 g/mol. The lowest BCUT2D eigenvalue weighted by Gasteiger charge is -2.06. The average Bonchev–Trinajstić information content (AvgIpc) is 2.05.